The largest absolute Gasteiger partial charge is 0.208 e. The third kappa shape index (κ3) is 5.38. The lowest BCUT2D eigenvalue weighted by molar-refractivity contribution is 0.660. The van der Waals surface area contributed by atoms with E-state index in [9.17, 15) is 0 Å². The van der Waals surface area contributed by atoms with Crippen molar-refractivity contribution in [3.05, 3.63) is 199 Å². The minimum Gasteiger partial charge on any atom is -0.208 e. The maximum absolute atomic E-state index is 5.19. The van der Waals surface area contributed by atoms with Gasteiger partial charge in [-0.15, -0.1) is 0 Å². The summed E-state index contributed by atoms with van der Waals surface area (Å²) in [7, 11) is 0. The van der Waals surface area contributed by atoms with Gasteiger partial charge in [0.25, 0.3) is 0 Å². The summed E-state index contributed by atoms with van der Waals surface area (Å²) in [6, 6.07) is 67.3. The molecule has 1 aliphatic rings. The van der Waals surface area contributed by atoms with Gasteiger partial charge in [-0.25, -0.2) is 15.0 Å². The number of nitrogens with zero attached hydrogens (tertiary/aromatic N) is 3. The van der Waals surface area contributed by atoms with Crippen LogP contribution in [0.5, 0.6) is 0 Å². The zero-order valence-corrected chi connectivity index (χ0v) is 31.7. The summed E-state index contributed by atoms with van der Waals surface area (Å²) in [5.74, 6) is 1.93. The average molecular weight is 728 g/mol. The fourth-order valence-corrected chi connectivity index (χ4v) is 9.10. The van der Waals surface area contributed by atoms with Gasteiger partial charge in [0.2, 0.25) is 0 Å². The van der Waals surface area contributed by atoms with Gasteiger partial charge in [-0.05, 0) is 89.0 Å². The summed E-state index contributed by atoms with van der Waals surface area (Å²) in [6.07, 6.45) is 0. The van der Waals surface area contributed by atoms with Crippen LogP contribution in [0.2, 0.25) is 0 Å². The van der Waals surface area contributed by atoms with Crippen molar-refractivity contribution in [2.24, 2.45) is 0 Å². The van der Waals surface area contributed by atoms with Crippen LogP contribution < -0.4 is 0 Å². The quantitative estimate of drug-likeness (QED) is 0.131. The number of aromatic nitrogens is 3. The molecule has 57 heavy (non-hydrogen) atoms. The lowest BCUT2D eigenvalue weighted by atomic mass is 9.82. The number of hydrogen-bond donors (Lipinski definition) is 0. The zero-order chi connectivity index (χ0) is 38.1. The van der Waals surface area contributed by atoms with Crippen LogP contribution in [0, 0.1) is 0 Å². The Morgan fingerprint density at radius 2 is 0.877 bits per heavy atom. The number of fused-ring (bicyclic) bond motifs is 7. The van der Waals surface area contributed by atoms with Gasteiger partial charge in [0.15, 0.2) is 17.5 Å². The molecule has 0 bridgehead atoms. The Balaban J connectivity index is 1.05. The molecule has 0 saturated heterocycles. The highest BCUT2D eigenvalue weighted by molar-refractivity contribution is 6.22. The molecule has 3 nitrogen and oxygen atoms in total. The summed E-state index contributed by atoms with van der Waals surface area (Å²) in [5, 5.41) is 7.45. The molecule has 0 saturated carbocycles. The second kappa shape index (κ2) is 12.9. The fraction of sp³-hybridized carbons (Fsp3) is 0.0556. The van der Waals surface area contributed by atoms with Gasteiger partial charge in [0, 0.05) is 22.1 Å². The summed E-state index contributed by atoms with van der Waals surface area (Å²) >= 11 is 0. The van der Waals surface area contributed by atoms with Crippen molar-refractivity contribution in [1.82, 2.24) is 15.0 Å². The molecule has 11 rings (SSSR count). The lowest BCUT2D eigenvalue weighted by Gasteiger charge is -2.21. The minimum atomic E-state index is -0.0721. The van der Waals surface area contributed by atoms with Crippen LogP contribution in [0.4, 0.5) is 0 Å². The van der Waals surface area contributed by atoms with E-state index >= 15 is 0 Å². The van der Waals surface area contributed by atoms with Crippen molar-refractivity contribution in [2.45, 2.75) is 19.3 Å². The monoisotopic (exact) mass is 727 g/mol. The Hall–Kier alpha value is -7.23. The summed E-state index contributed by atoms with van der Waals surface area (Å²) in [5.41, 5.74) is 12.8. The van der Waals surface area contributed by atoms with E-state index in [0.29, 0.717) is 17.5 Å². The van der Waals surface area contributed by atoms with E-state index in [1.54, 1.807) is 0 Å². The molecule has 3 heteroatoms. The van der Waals surface area contributed by atoms with Gasteiger partial charge in [-0.1, -0.05) is 190 Å². The van der Waals surface area contributed by atoms with Crippen LogP contribution in [0.3, 0.4) is 0 Å². The molecule has 9 aromatic carbocycles. The molecule has 10 aromatic rings. The van der Waals surface area contributed by atoms with E-state index < -0.39 is 0 Å². The van der Waals surface area contributed by atoms with Gasteiger partial charge in [-0.3, -0.25) is 0 Å². The number of rotatable bonds is 5. The van der Waals surface area contributed by atoms with Crippen LogP contribution in [0.25, 0.3) is 99.9 Å². The topological polar surface area (TPSA) is 38.7 Å². The molecule has 1 aromatic heterocycles. The van der Waals surface area contributed by atoms with Gasteiger partial charge >= 0.3 is 0 Å². The van der Waals surface area contributed by atoms with E-state index in [1.807, 2.05) is 18.2 Å². The molecule has 1 aliphatic carbocycles. The van der Waals surface area contributed by atoms with Crippen molar-refractivity contribution in [1.29, 1.82) is 0 Å². The molecule has 0 radical (unpaired) electrons. The van der Waals surface area contributed by atoms with Gasteiger partial charge in [0.05, 0.1) is 0 Å². The first kappa shape index (κ1) is 33.1. The van der Waals surface area contributed by atoms with Crippen LogP contribution in [0.15, 0.2) is 188 Å². The van der Waals surface area contributed by atoms with Crippen LogP contribution >= 0.6 is 0 Å². The predicted octanol–water partition coefficient (Wildman–Crippen LogP) is 14.0. The molecule has 268 valence electrons. The van der Waals surface area contributed by atoms with Gasteiger partial charge in [0.1, 0.15) is 0 Å². The number of hydrogen-bond acceptors (Lipinski definition) is 3. The third-order valence-electron chi connectivity index (χ3n) is 11.9. The molecule has 0 aliphatic heterocycles. The van der Waals surface area contributed by atoms with Gasteiger partial charge in [-0.2, -0.15) is 0 Å². The molecule has 0 atom stereocenters. The SMILES string of the molecule is CC1(C)c2ccccc2-c2c(-c3cccc(-c4nc(-c5ccccc5)nc(-c5ccc(-c6c7ccccc7cc7ccc8ccccc8c67)cc5)n4)c3)cccc21. The van der Waals surface area contributed by atoms with Crippen LogP contribution in [-0.4, -0.2) is 15.0 Å². The van der Waals surface area contributed by atoms with Crippen molar-refractivity contribution >= 4 is 32.3 Å². The Labute approximate surface area is 332 Å². The van der Waals surface area contributed by atoms with Gasteiger partial charge < -0.3 is 0 Å². The summed E-state index contributed by atoms with van der Waals surface area (Å²) in [4.78, 5) is 15.4. The lowest BCUT2D eigenvalue weighted by Crippen LogP contribution is -2.14. The van der Waals surface area contributed by atoms with Crippen molar-refractivity contribution in [3.63, 3.8) is 0 Å². The Morgan fingerprint density at radius 3 is 1.68 bits per heavy atom. The Bertz CT molecular complexity index is 3200. The van der Waals surface area contributed by atoms with Crippen molar-refractivity contribution in [3.8, 4) is 67.5 Å². The molecule has 0 spiro atoms. The van der Waals surface area contributed by atoms with E-state index in [1.165, 1.54) is 65.7 Å². The molecule has 0 fully saturated rings. The van der Waals surface area contributed by atoms with Crippen molar-refractivity contribution < 1.29 is 0 Å². The van der Waals surface area contributed by atoms with Crippen molar-refractivity contribution in [2.75, 3.05) is 0 Å². The standard InChI is InChI=1S/C54H37N3/c1-54(2)46-24-11-10-22-45(46)50-44(23-13-25-47(50)54)39-18-12-19-41(33-39)53-56-51(36-15-4-3-5-16-36)55-52(57-53)37-29-27-35(28-30-37)48-43-21-9-7-17-38(43)32-40-31-26-34-14-6-8-20-42(34)49(40)48/h3-33H,1-2H3. The van der Waals surface area contributed by atoms with Crippen LogP contribution in [-0.2, 0) is 5.41 Å². The summed E-state index contributed by atoms with van der Waals surface area (Å²) in [6.45, 7) is 4.65. The normalized spacial score (nSPS) is 12.9. The molecule has 0 N–H and O–H groups in total. The highest BCUT2D eigenvalue weighted by atomic mass is 15.0. The zero-order valence-electron chi connectivity index (χ0n) is 31.7. The first-order valence-electron chi connectivity index (χ1n) is 19.6. The maximum Gasteiger partial charge on any atom is 0.164 e. The van der Waals surface area contributed by atoms with E-state index in [4.69, 9.17) is 15.0 Å². The van der Waals surface area contributed by atoms with Crippen LogP contribution in [0.1, 0.15) is 25.0 Å². The van der Waals surface area contributed by atoms with E-state index in [0.717, 1.165) is 27.8 Å². The number of benzene rings is 9. The molecular formula is C54H37N3. The Morgan fingerprint density at radius 1 is 0.333 bits per heavy atom. The average Bonchev–Trinajstić information content (AvgIpc) is 3.51. The van der Waals surface area contributed by atoms with E-state index in [-0.39, 0.29) is 5.41 Å². The predicted molar refractivity (Wildman–Crippen MR) is 237 cm³/mol. The maximum atomic E-state index is 5.19. The molecule has 0 unspecified atom stereocenters. The second-order valence-corrected chi connectivity index (χ2v) is 15.6. The summed E-state index contributed by atoms with van der Waals surface area (Å²) < 4.78 is 0. The molecular weight excluding hydrogens is 691 g/mol. The molecule has 1 heterocycles. The Kier molecular flexibility index (Phi) is 7.52. The highest BCUT2D eigenvalue weighted by Crippen LogP contribution is 2.52. The first-order valence-corrected chi connectivity index (χ1v) is 19.6. The smallest absolute Gasteiger partial charge is 0.164 e. The fourth-order valence-electron chi connectivity index (χ4n) is 9.10. The molecule has 0 amide bonds. The minimum absolute atomic E-state index is 0.0721. The third-order valence-corrected chi connectivity index (χ3v) is 11.9. The van der Waals surface area contributed by atoms with E-state index in [2.05, 4.69) is 184 Å². The second-order valence-electron chi connectivity index (χ2n) is 15.6. The first-order chi connectivity index (χ1) is 28.0. The highest BCUT2D eigenvalue weighted by Gasteiger charge is 2.36.